The first-order valence-electron chi connectivity index (χ1n) is 14.3. The Labute approximate surface area is 259 Å². The zero-order chi connectivity index (χ0) is 32.4. The second-order valence-electron chi connectivity index (χ2n) is 11.6. The van der Waals surface area contributed by atoms with Crippen LogP contribution in [0.1, 0.15) is 38.2 Å². The fourth-order valence-corrected chi connectivity index (χ4v) is 6.38. The highest BCUT2D eigenvalue weighted by Crippen LogP contribution is 2.37. The number of nitrogens with one attached hydrogen (secondary N) is 2. The molecule has 5 rings (SSSR count). The lowest BCUT2D eigenvalue weighted by Crippen LogP contribution is -2.46. The van der Waals surface area contributed by atoms with E-state index in [0.717, 1.165) is 11.6 Å². The normalized spacial score (nSPS) is 15.7. The molecule has 13 heteroatoms. The summed E-state index contributed by atoms with van der Waals surface area (Å²) in [4.78, 5) is 32.8. The Morgan fingerprint density at radius 3 is 2.51 bits per heavy atom. The van der Waals surface area contributed by atoms with Crippen molar-refractivity contribution in [3.8, 4) is 17.6 Å². The number of carbonyl (C=O) groups excluding carboxylic acids is 2. The Morgan fingerprint density at radius 2 is 1.80 bits per heavy atom. The molecule has 2 amide bonds. The number of hydrogen-bond acceptors (Lipinski definition) is 7. The van der Waals surface area contributed by atoms with E-state index in [1.807, 2.05) is 11.8 Å². The molecule has 3 heterocycles. The van der Waals surface area contributed by atoms with Crippen LogP contribution in [0.2, 0.25) is 0 Å². The number of halogens is 3. The van der Waals surface area contributed by atoms with E-state index in [2.05, 4.69) is 32.4 Å². The van der Waals surface area contributed by atoms with Crippen LogP contribution in [0.3, 0.4) is 0 Å². The number of fused-ring (bicyclic) bond motifs is 1. The number of hydrogen-bond donors (Lipinski definition) is 2. The van der Waals surface area contributed by atoms with Gasteiger partial charge in [-0.3, -0.25) is 19.4 Å². The van der Waals surface area contributed by atoms with Gasteiger partial charge in [0, 0.05) is 67.4 Å². The lowest BCUT2D eigenvalue weighted by molar-refractivity contribution is -0.138. The molecule has 0 atom stereocenters. The molecule has 0 radical (unpaired) electrons. The first-order valence-corrected chi connectivity index (χ1v) is 17.1. The monoisotopic (exact) mass is 639 g/mol. The van der Waals surface area contributed by atoms with E-state index >= 15 is 0 Å². The molecule has 1 saturated heterocycles. The number of benzene rings is 2. The van der Waals surface area contributed by atoms with Crippen LogP contribution >= 0.6 is 7.14 Å². The highest BCUT2D eigenvalue weighted by molar-refractivity contribution is 7.62. The van der Waals surface area contributed by atoms with Crippen molar-refractivity contribution in [2.45, 2.75) is 19.6 Å². The van der Waals surface area contributed by atoms with Crippen LogP contribution in [0.25, 0.3) is 0 Å². The first kappa shape index (κ1) is 32.2. The molecule has 2 aromatic carbocycles. The standard InChI is InChI=1S/C32H33F3N5O4P/c1-21-4-6-24(15-23(21)7-5-22-14-28-30(36-17-22)38-29(41)19-44-28)31(42)37-26-9-8-25(27(16-26)32(33,34)35)18-39-10-12-40(13-11-39)20-45(2,3)43/h4,6,8-9,14-17H,10-13,18-20H2,1-3H3,(H,37,42)(H,36,38,41). The van der Waals surface area contributed by atoms with Crippen LogP contribution < -0.4 is 15.4 Å². The molecule has 1 fully saturated rings. The lowest BCUT2D eigenvalue weighted by Gasteiger charge is -2.35. The minimum absolute atomic E-state index is 0.0305. The van der Waals surface area contributed by atoms with Gasteiger partial charge in [-0.25, -0.2) is 4.98 Å². The van der Waals surface area contributed by atoms with Gasteiger partial charge in [0.25, 0.3) is 11.8 Å². The Bertz CT molecular complexity index is 1740. The summed E-state index contributed by atoms with van der Waals surface area (Å²) in [6.07, 6.45) is -2.61. The fraction of sp³-hybridized carbons (Fsp3) is 0.344. The first-order chi connectivity index (χ1) is 21.2. The summed E-state index contributed by atoms with van der Waals surface area (Å²) in [5.74, 6) is 5.83. The van der Waals surface area contributed by atoms with E-state index in [4.69, 9.17) is 4.74 Å². The quantitative estimate of drug-likeness (QED) is 0.286. The molecule has 3 aromatic rings. The lowest BCUT2D eigenvalue weighted by atomic mass is 10.0. The van der Waals surface area contributed by atoms with Crippen molar-refractivity contribution in [3.05, 3.63) is 82.0 Å². The number of ether oxygens (including phenoxy) is 1. The van der Waals surface area contributed by atoms with E-state index in [-0.39, 0.29) is 35.9 Å². The highest BCUT2D eigenvalue weighted by Gasteiger charge is 2.34. The fourth-order valence-electron chi connectivity index (χ4n) is 5.14. The van der Waals surface area contributed by atoms with Crippen LogP contribution in [0.4, 0.5) is 24.7 Å². The third kappa shape index (κ3) is 8.51. The number of pyridine rings is 1. The van der Waals surface area contributed by atoms with Crippen molar-refractivity contribution in [1.82, 2.24) is 14.8 Å². The summed E-state index contributed by atoms with van der Waals surface area (Å²) >= 11 is 0. The third-order valence-electron chi connectivity index (χ3n) is 7.38. The smallest absolute Gasteiger partial charge is 0.416 e. The maximum Gasteiger partial charge on any atom is 0.416 e. The van der Waals surface area contributed by atoms with Crippen LogP contribution in [-0.4, -0.2) is 79.0 Å². The molecule has 0 aliphatic carbocycles. The Hall–Kier alpha value is -4.17. The average molecular weight is 640 g/mol. The molecule has 1 aromatic heterocycles. The maximum atomic E-state index is 14.1. The number of carbonyl (C=O) groups is 2. The topological polar surface area (TPSA) is 104 Å². The minimum atomic E-state index is -4.61. The molecule has 0 saturated carbocycles. The Kier molecular flexibility index (Phi) is 9.35. The average Bonchev–Trinajstić information content (AvgIpc) is 2.97. The predicted molar refractivity (Wildman–Crippen MR) is 166 cm³/mol. The number of alkyl halides is 3. The van der Waals surface area contributed by atoms with E-state index in [9.17, 15) is 27.3 Å². The van der Waals surface area contributed by atoms with Gasteiger partial charge in [-0.15, -0.1) is 0 Å². The molecule has 236 valence electrons. The zero-order valence-corrected chi connectivity index (χ0v) is 26.0. The predicted octanol–water partition coefficient (Wildman–Crippen LogP) is 5.09. The molecular weight excluding hydrogens is 606 g/mol. The summed E-state index contributed by atoms with van der Waals surface area (Å²) < 4.78 is 59.8. The van der Waals surface area contributed by atoms with Crippen molar-refractivity contribution in [2.24, 2.45) is 0 Å². The summed E-state index contributed by atoms with van der Waals surface area (Å²) in [6, 6.07) is 10.4. The van der Waals surface area contributed by atoms with E-state index in [0.29, 0.717) is 55.2 Å². The molecule has 0 spiro atoms. The van der Waals surface area contributed by atoms with Crippen molar-refractivity contribution in [2.75, 3.05) is 63.0 Å². The van der Waals surface area contributed by atoms with Crippen molar-refractivity contribution < 1.29 is 32.1 Å². The molecule has 2 aliphatic rings. The highest BCUT2D eigenvalue weighted by atomic mass is 31.2. The van der Waals surface area contributed by atoms with E-state index in [1.165, 1.54) is 18.3 Å². The second kappa shape index (κ2) is 13.1. The minimum Gasteiger partial charge on any atom is -0.480 e. The van der Waals surface area contributed by atoms with Crippen LogP contribution in [0.5, 0.6) is 5.75 Å². The largest absolute Gasteiger partial charge is 0.480 e. The Morgan fingerprint density at radius 1 is 1.07 bits per heavy atom. The Balaban J connectivity index is 1.28. The zero-order valence-electron chi connectivity index (χ0n) is 25.1. The van der Waals surface area contributed by atoms with Gasteiger partial charge in [-0.1, -0.05) is 24.0 Å². The van der Waals surface area contributed by atoms with E-state index < -0.39 is 24.8 Å². The number of piperazine rings is 1. The second-order valence-corrected chi connectivity index (χ2v) is 15.1. The molecule has 2 N–H and O–H groups in total. The van der Waals surface area contributed by atoms with Crippen molar-refractivity contribution in [3.63, 3.8) is 0 Å². The number of rotatable bonds is 6. The van der Waals surface area contributed by atoms with Crippen molar-refractivity contribution >= 4 is 30.5 Å². The van der Waals surface area contributed by atoms with Gasteiger partial charge in [-0.05, 0) is 55.6 Å². The molecule has 0 bridgehead atoms. The molecule has 2 aliphatic heterocycles. The van der Waals surface area contributed by atoms with E-state index in [1.54, 1.807) is 37.6 Å². The number of aryl methyl sites for hydroxylation is 1. The van der Waals surface area contributed by atoms with Gasteiger partial charge < -0.3 is 19.9 Å². The number of aromatic nitrogens is 1. The van der Waals surface area contributed by atoms with Gasteiger partial charge in [0.05, 0.1) is 19.0 Å². The van der Waals surface area contributed by atoms with Gasteiger partial charge in [0.1, 0.15) is 0 Å². The molecule has 45 heavy (non-hydrogen) atoms. The summed E-state index contributed by atoms with van der Waals surface area (Å²) in [5, 5.41) is 5.20. The van der Waals surface area contributed by atoms with Gasteiger partial charge in [0.15, 0.2) is 18.2 Å². The van der Waals surface area contributed by atoms with Gasteiger partial charge in [0.2, 0.25) is 0 Å². The van der Waals surface area contributed by atoms with Gasteiger partial charge >= 0.3 is 6.18 Å². The van der Waals surface area contributed by atoms with Gasteiger partial charge in [-0.2, -0.15) is 13.2 Å². The van der Waals surface area contributed by atoms with Crippen molar-refractivity contribution in [1.29, 1.82) is 0 Å². The molecule has 9 nitrogen and oxygen atoms in total. The van der Waals surface area contributed by atoms with Crippen LogP contribution in [0.15, 0.2) is 48.7 Å². The third-order valence-corrected chi connectivity index (χ3v) is 8.46. The number of anilines is 2. The summed E-state index contributed by atoms with van der Waals surface area (Å²) in [6.45, 7) is 7.73. The van der Waals surface area contributed by atoms with Crippen LogP contribution in [0, 0.1) is 18.8 Å². The molecular formula is C32H33F3N5O4P. The summed E-state index contributed by atoms with van der Waals surface area (Å²) in [7, 11) is -2.22. The SMILES string of the molecule is Cc1ccc(C(=O)Nc2ccc(CN3CCN(CP(C)(C)=O)CC3)c(C(F)(F)F)c2)cc1C#Cc1cnc2c(c1)OCC(=O)N2. The number of amides is 2. The summed E-state index contributed by atoms with van der Waals surface area (Å²) in [5.41, 5.74) is 1.49. The van der Waals surface area contributed by atoms with Crippen LogP contribution in [-0.2, 0) is 22.1 Å². The number of nitrogens with zero attached hydrogens (tertiary/aromatic N) is 3. The molecule has 0 unspecified atom stereocenters. The maximum absolute atomic E-state index is 14.1.